The van der Waals surface area contributed by atoms with Crippen molar-refractivity contribution in [3.05, 3.63) is 49.8 Å². The minimum absolute atomic E-state index is 0.0856. The first-order valence-corrected chi connectivity index (χ1v) is 4.81. The molecular formula is C9H6ClN3O4. The highest BCUT2D eigenvalue weighted by molar-refractivity contribution is 6.31. The lowest BCUT2D eigenvalue weighted by molar-refractivity contribution is 0.0697. The molecule has 0 unspecified atom stereocenters. The number of nitrogens with zero attached hydrogens (tertiary/aromatic N) is 1. The number of nitrogens with one attached hydrogen (secondary N) is 2. The molecule has 0 bridgehead atoms. The molecule has 0 spiro atoms. The summed E-state index contributed by atoms with van der Waals surface area (Å²) in [6.07, 6.45) is 0. The number of hydrogen-bond donors (Lipinski definition) is 3. The molecule has 0 saturated carbocycles. The summed E-state index contributed by atoms with van der Waals surface area (Å²) in [6, 6.07) is 3.72. The lowest BCUT2D eigenvalue weighted by Gasteiger charge is -2.02. The van der Waals surface area contributed by atoms with Gasteiger partial charge >= 0.3 is 17.3 Å². The van der Waals surface area contributed by atoms with Crippen LogP contribution < -0.4 is 11.4 Å². The minimum Gasteiger partial charge on any atom is -0.478 e. The van der Waals surface area contributed by atoms with Crippen LogP contribution in [0.15, 0.2) is 27.8 Å². The zero-order valence-corrected chi connectivity index (χ0v) is 8.99. The number of aromatic nitrogens is 3. The van der Waals surface area contributed by atoms with Crippen molar-refractivity contribution in [2.24, 2.45) is 0 Å². The van der Waals surface area contributed by atoms with Crippen LogP contribution in [-0.2, 0) is 0 Å². The van der Waals surface area contributed by atoms with Crippen molar-refractivity contribution in [2.75, 3.05) is 0 Å². The molecule has 0 amide bonds. The van der Waals surface area contributed by atoms with Gasteiger partial charge in [-0.05, 0) is 18.2 Å². The number of hydrogen-bond acceptors (Lipinski definition) is 3. The predicted octanol–water partition coefficient (Wildman–Crippen LogP) is 0.205. The Labute approximate surface area is 98.3 Å². The molecule has 0 radical (unpaired) electrons. The van der Waals surface area contributed by atoms with Crippen molar-refractivity contribution in [1.29, 1.82) is 0 Å². The Bertz CT molecular complexity index is 669. The second-order valence-electron chi connectivity index (χ2n) is 3.20. The van der Waals surface area contributed by atoms with Crippen LogP contribution in [0.1, 0.15) is 10.4 Å². The number of carboxylic acid groups (broad SMARTS) is 1. The summed E-state index contributed by atoms with van der Waals surface area (Å²) in [4.78, 5) is 33.4. The van der Waals surface area contributed by atoms with Gasteiger partial charge in [-0.3, -0.25) is 0 Å². The number of carboxylic acids is 1. The summed E-state index contributed by atoms with van der Waals surface area (Å²) in [6.45, 7) is 0. The number of benzene rings is 1. The number of aromatic carboxylic acids is 1. The molecule has 0 aliphatic carbocycles. The maximum absolute atomic E-state index is 11.3. The van der Waals surface area contributed by atoms with E-state index < -0.39 is 17.3 Å². The van der Waals surface area contributed by atoms with Crippen LogP contribution in [0.5, 0.6) is 0 Å². The summed E-state index contributed by atoms with van der Waals surface area (Å²) in [5.41, 5.74) is -1.43. The lowest BCUT2D eigenvalue weighted by Crippen LogP contribution is -2.24. The highest BCUT2D eigenvalue weighted by Gasteiger charge is 2.11. The molecule has 0 aliphatic rings. The molecule has 2 aromatic rings. The van der Waals surface area contributed by atoms with Crippen LogP contribution in [0.3, 0.4) is 0 Å². The fourth-order valence-electron chi connectivity index (χ4n) is 1.37. The van der Waals surface area contributed by atoms with E-state index in [1.165, 1.54) is 18.2 Å². The van der Waals surface area contributed by atoms with E-state index in [9.17, 15) is 14.4 Å². The minimum atomic E-state index is -1.20. The van der Waals surface area contributed by atoms with Crippen LogP contribution >= 0.6 is 11.6 Å². The van der Waals surface area contributed by atoms with Gasteiger partial charge in [-0.25, -0.2) is 29.1 Å². The molecule has 2 rings (SSSR count). The van der Waals surface area contributed by atoms with E-state index in [4.69, 9.17) is 16.7 Å². The molecule has 88 valence electrons. The topological polar surface area (TPSA) is 108 Å². The maximum atomic E-state index is 11.3. The van der Waals surface area contributed by atoms with E-state index in [2.05, 4.69) is 10.2 Å². The monoisotopic (exact) mass is 255 g/mol. The smallest absolute Gasteiger partial charge is 0.348 e. The summed E-state index contributed by atoms with van der Waals surface area (Å²) in [5, 5.41) is 13.1. The summed E-state index contributed by atoms with van der Waals surface area (Å²) in [5.74, 6) is -1.20. The Morgan fingerprint density at radius 3 is 2.29 bits per heavy atom. The van der Waals surface area contributed by atoms with E-state index in [-0.39, 0.29) is 16.3 Å². The summed E-state index contributed by atoms with van der Waals surface area (Å²) in [7, 11) is 0. The van der Waals surface area contributed by atoms with Crippen LogP contribution in [0.2, 0.25) is 5.02 Å². The third-order valence-electron chi connectivity index (χ3n) is 2.07. The molecule has 0 fully saturated rings. The van der Waals surface area contributed by atoms with Gasteiger partial charge in [0.2, 0.25) is 0 Å². The van der Waals surface area contributed by atoms with Gasteiger partial charge in [0.1, 0.15) is 0 Å². The summed E-state index contributed by atoms with van der Waals surface area (Å²) < 4.78 is 0.748. The molecule has 0 saturated heterocycles. The molecular weight excluding hydrogens is 250 g/mol. The van der Waals surface area contributed by atoms with E-state index >= 15 is 0 Å². The van der Waals surface area contributed by atoms with Crippen LogP contribution in [0.4, 0.5) is 0 Å². The average molecular weight is 256 g/mol. The van der Waals surface area contributed by atoms with Crippen molar-refractivity contribution < 1.29 is 9.90 Å². The predicted molar refractivity (Wildman–Crippen MR) is 59.0 cm³/mol. The standard InChI is InChI=1S/C9H6ClN3O4/c10-5-1-4(7(14)15)2-6(3-5)13-8(16)11-12-9(13)17/h1-3H,(H,11,16)(H,12,17)(H,14,15). The fraction of sp³-hybridized carbons (Fsp3) is 0. The van der Waals surface area contributed by atoms with E-state index in [1.54, 1.807) is 0 Å². The van der Waals surface area contributed by atoms with Crippen molar-refractivity contribution >= 4 is 17.6 Å². The first kappa shape index (κ1) is 11.2. The Balaban J connectivity index is 2.73. The Kier molecular flexibility index (Phi) is 2.60. The molecule has 8 heteroatoms. The van der Waals surface area contributed by atoms with Gasteiger partial charge in [0.15, 0.2) is 0 Å². The van der Waals surface area contributed by atoms with Gasteiger partial charge in [0, 0.05) is 5.02 Å². The third-order valence-corrected chi connectivity index (χ3v) is 2.29. The molecule has 17 heavy (non-hydrogen) atoms. The first-order chi connectivity index (χ1) is 7.99. The number of halogens is 1. The molecule has 0 atom stereocenters. The lowest BCUT2D eigenvalue weighted by atomic mass is 10.2. The Hall–Kier alpha value is -2.28. The highest BCUT2D eigenvalue weighted by atomic mass is 35.5. The molecule has 1 aromatic heterocycles. The number of rotatable bonds is 2. The number of carbonyl (C=O) groups is 1. The Morgan fingerprint density at radius 2 is 1.76 bits per heavy atom. The largest absolute Gasteiger partial charge is 0.478 e. The van der Waals surface area contributed by atoms with Crippen LogP contribution in [0, 0.1) is 0 Å². The van der Waals surface area contributed by atoms with E-state index in [0.29, 0.717) is 0 Å². The van der Waals surface area contributed by atoms with E-state index in [1.807, 2.05) is 0 Å². The molecule has 3 N–H and O–H groups in total. The van der Waals surface area contributed by atoms with Gasteiger partial charge in [0.05, 0.1) is 11.3 Å². The second-order valence-corrected chi connectivity index (χ2v) is 3.64. The van der Waals surface area contributed by atoms with Gasteiger partial charge < -0.3 is 5.11 Å². The second kappa shape index (κ2) is 3.95. The van der Waals surface area contributed by atoms with Crippen molar-refractivity contribution in [3.63, 3.8) is 0 Å². The normalized spacial score (nSPS) is 10.4. The first-order valence-electron chi connectivity index (χ1n) is 4.43. The number of H-pyrrole nitrogens is 2. The number of aromatic amines is 2. The van der Waals surface area contributed by atoms with Gasteiger partial charge in [-0.1, -0.05) is 11.6 Å². The SMILES string of the molecule is O=C(O)c1cc(Cl)cc(-n2c(=O)[nH][nH]c2=O)c1. The van der Waals surface area contributed by atoms with Gasteiger partial charge in [-0.15, -0.1) is 0 Å². The molecule has 1 heterocycles. The van der Waals surface area contributed by atoms with Crippen molar-refractivity contribution in [1.82, 2.24) is 14.8 Å². The fourth-order valence-corrected chi connectivity index (χ4v) is 1.60. The Morgan fingerprint density at radius 1 is 1.18 bits per heavy atom. The van der Waals surface area contributed by atoms with Crippen LogP contribution in [-0.4, -0.2) is 25.8 Å². The maximum Gasteiger partial charge on any atom is 0.348 e. The zero-order valence-electron chi connectivity index (χ0n) is 8.23. The van der Waals surface area contributed by atoms with Gasteiger partial charge in [-0.2, -0.15) is 0 Å². The molecule has 7 nitrogen and oxygen atoms in total. The highest BCUT2D eigenvalue weighted by Crippen LogP contribution is 2.16. The van der Waals surface area contributed by atoms with E-state index in [0.717, 1.165) is 4.57 Å². The van der Waals surface area contributed by atoms with Crippen molar-refractivity contribution in [2.45, 2.75) is 0 Å². The summed E-state index contributed by atoms with van der Waals surface area (Å²) >= 11 is 5.71. The zero-order chi connectivity index (χ0) is 12.6. The molecule has 1 aromatic carbocycles. The third kappa shape index (κ3) is 2.00. The average Bonchev–Trinajstić information content (AvgIpc) is 2.57. The van der Waals surface area contributed by atoms with Crippen LogP contribution in [0.25, 0.3) is 5.69 Å². The quantitative estimate of drug-likeness (QED) is 0.712. The van der Waals surface area contributed by atoms with Crippen molar-refractivity contribution in [3.8, 4) is 5.69 Å². The molecule has 0 aliphatic heterocycles. The van der Waals surface area contributed by atoms with Gasteiger partial charge in [0.25, 0.3) is 0 Å².